The molecule has 0 spiro atoms. The highest BCUT2D eigenvalue weighted by Crippen LogP contribution is 2.25. The number of nitrogens with one attached hydrogen (secondary N) is 1. The molecule has 1 rings (SSSR count). The predicted molar refractivity (Wildman–Crippen MR) is 81.8 cm³/mol. The Balaban J connectivity index is 2.51. The van der Waals surface area contributed by atoms with Gasteiger partial charge in [0.05, 0.1) is 11.0 Å². The summed E-state index contributed by atoms with van der Waals surface area (Å²) in [5.41, 5.74) is 4.85. The number of carbonyl (C=O) groups excluding carboxylic acids is 1. The highest BCUT2D eigenvalue weighted by molar-refractivity contribution is 5.68. The summed E-state index contributed by atoms with van der Waals surface area (Å²) in [6.45, 7) is 7.24. The Morgan fingerprint density at radius 1 is 1.45 bits per heavy atom. The molecule has 3 N–H and O–H groups in total. The molecule has 22 heavy (non-hydrogen) atoms. The molecule has 1 amide bonds. The highest BCUT2D eigenvalue weighted by atomic mass is 16.6. The Hall–Kier alpha value is -2.51. The number of alkyl carbamates (subject to hydrolysis) is 1. The molecule has 8 nitrogen and oxygen atoms in total. The minimum absolute atomic E-state index is 0.0234. The van der Waals surface area contributed by atoms with Crippen LogP contribution in [-0.4, -0.2) is 29.3 Å². The van der Waals surface area contributed by atoms with Gasteiger partial charge in [-0.2, -0.15) is 0 Å². The molecule has 0 heterocycles. The first-order valence-electron chi connectivity index (χ1n) is 6.74. The number of rotatable bonds is 5. The van der Waals surface area contributed by atoms with Gasteiger partial charge in [0.1, 0.15) is 23.6 Å². The van der Waals surface area contributed by atoms with Gasteiger partial charge >= 0.3 is 6.09 Å². The fourth-order valence-corrected chi connectivity index (χ4v) is 1.56. The van der Waals surface area contributed by atoms with Crippen molar-refractivity contribution in [2.75, 3.05) is 12.3 Å². The van der Waals surface area contributed by atoms with Crippen LogP contribution < -0.4 is 15.8 Å². The standard InChI is InChI=1S/C14H21N3O5/c1-9(16-13(18)22-14(2,3)4)8-21-10-5-6-12(17(19)20)11(15)7-10/h5-7,9H,8,15H2,1-4H3,(H,16,18)/t9-/m0/s1. The molecule has 0 unspecified atom stereocenters. The number of anilines is 1. The fourth-order valence-electron chi connectivity index (χ4n) is 1.56. The first kappa shape index (κ1) is 17.5. The van der Waals surface area contributed by atoms with Crippen molar-refractivity contribution < 1.29 is 19.2 Å². The summed E-state index contributed by atoms with van der Waals surface area (Å²) in [7, 11) is 0. The largest absolute Gasteiger partial charge is 0.491 e. The molecule has 1 aromatic rings. The third kappa shape index (κ3) is 5.86. The van der Waals surface area contributed by atoms with Gasteiger partial charge in [-0.1, -0.05) is 0 Å². The lowest BCUT2D eigenvalue weighted by Gasteiger charge is -2.22. The number of nitrogen functional groups attached to an aromatic ring is 1. The number of hydrogen-bond donors (Lipinski definition) is 2. The van der Waals surface area contributed by atoms with Gasteiger partial charge in [0.25, 0.3) is 5.69 Å². The summed E-state index contributed by atoms with van der Waals surface area (Å²) in [5.74, 6) is 0.390. The molecule has 1 aromatic carbocycles. The van der Waals surface area contributed by atoms with E-state index >= 15 is 0 Å². The van der Waals surface area contributed by atoms with E-state index in [-0.39, 0.29) is 24.0 Å². The molecule has 0 aliphatic heterocycles. The number of nitrogens with two attached hydrogens (primary N) is 1. The molecule has 0 bridgehead atoms. The predicted octanol–water partition coefficient (Wildman–Crippen LogP) is 2.47. The van der Waals surface area contributed by atoms with Crippen molar-refractivity contribution in [1.82, 2.24) is 5.32 Å². The van der Waals surface area contributed by atoms with Crippen LogP contribution in [0.3, 0.4) is 0 Å². The quantitative estimate of drug-likeness (QED) is 0.490. The second-order valence-electron chi connectivity index (χ2n) is 5.84. The number of amides is 1. The molecule has 0 aliphatic rings. The molecule has 122 valence electrons. The maximum absolute atomic E-state index is 11.6. The van der Waals surface area contributed by atoms with Crippen LogP contribution in [-0.2, 0) is 4.74 Å². The van der Waals surface area contributed by atoms with Crippen LogP contribution in [0.25, 0.3) is 0 Å². The van der Waals surface area contributed by atoms with Crippen molar-refractivity contribution >= 4 is 17.5 Å². The van der Waals surface area contributed by atoms with Crippen LogP contribution >= 0.6 is 0 Å². The zero-order valence-electron chi connectivity index (χ0n) is 13.1. The third-order valence-electron chi connectivity index (χ3n) is 2.46. The summed E-state index contributed by atoms with van der Waals surface area (Å²) >= 11 is 0. The van der Waals surface area contributed by atoms with Crippen molar-refractivity contribution in [3.63, 3.8) is 0 Å². The molecule has 0 aliphatic carbocycles. The van der Waals surface area contributed by atoms with E-state index < -0.39 is 16.6 Å². The molecular formula is C14H21N3O5. The van der Waals surface area contributed by atoms with Gasteiger partial charge in [-0.3, -0.25) is 10.1 Å². The number of nitro groups is 1. The van der Waals surface area contributed by atoms with Gasteiger partial charge in [-0.05, 0) is 33.8 Å². The van der Waals surface area contributed by atoms with Gasteiger partial charge < -0.3 is 20.5 Å². The summed E-state index contributed by atoms with van der Waals surface area (Å²) in [4.78, 5) is 21.7. The molecule has 1 atom stereocenters. The average Bonchev–Trinajstić information content (AvgIpc) is 2.33. The van der Waals surface area contributed by atoms with Crippen molar-refractivity contribution in [1.29, 1.82) is 0 Å². The monoisotopic (exact) mass is 311 g/mol. The fraction of sp³-hybridized carbons (Fsp3) is 0.500. The minimum atomic E-state index is -0.572. The zero-order valence-corrected chi connectivity index (χ0v) is 13.1. The Kier molecular flexibility index (Phi) is 5.56. The van der Waals surface area contributed by atoms with Gasteiger partial charge in [-0.15, -0.1) is 0 Å². The Bertz CT molecular complexity index is 554. The normalized spacial score (nSPS) is 12.4. The summed E-state index contributed by atoms with van der Waals surface area (Å²) in [6.07, 6.45) is -0.535. The van der Waals surface area contributed by atoms with Crippen LogP contribution in [0.4, 0.5) is 16.2 Å². The number of ether oxygens (including phenoxy) is 2. The number of carbonyl (C=O) groups is 1. The molecule has 0 fully saturated rings. The molecule has 8 heteroatoms. The van der Waals surface area contributed by atoms with E-state index in [1.165, 1.54) is 18.2 Å². The second kappa shape index (κ2) is 6.97. The topological polar surface area (TPSA) is 117 Å². The lowest BCUT2D eigenvalue weighted by molar-refractivity contribution is -0.383. The molecular weight excluding hydrogens is 290 g/mol. The lowest BCUT2D eigenvalue weighted by atomic mass is 10.2. The average molecular weight is 311 g/mol. The molecule has 0 aromatic heterocycles. The molecule has 0 radical (unpaired) electrons. The van der Waals surface area contributed by atoms with Crippen molar-refractivity contribution in [3.05, 3.63) is 28.3 Å². The van der Waals surface area contributed by atoms with Crippen LogP contribution in [0.1, 0.15) is 27.7 Å². The van der Waals surface area contributed by atoms with Crippen LogP contribution in [0.5, 0.6) is 5.75 Å². The number of nitro benzene ring substituents is 1. The third-order valence-corrected chi connectivity index (χ3v) is 2.46. The van der Waals surface area contributed by atoms with E-state index in [1.807, 2.05) is 0 Å². The van der Waals surface area contributed by atoms with E-state index in [9.17, 15) is 14.9 Å². The SMILES string of the molecule is C[C@@H](COc1ccc([N+](=O)[O-])c(N)c1)NC(=O)OC(C)(C)C. The Morgan fingerprint density at radius 3 is 2.59 bits per heavy atom. The maximum Gasteiger partial charge on any atom is 0.407 e. The van der Waals surface area contributed by atoms with Crippen LogP contribution in [0.15, 0.2) is 18.2 Å². The minimum Gasteiger partial charge on any atom is -0.491 e. The Labute approximate surface area is 128 Å². The van der Waals surface area contributed by atoms with Gasteiger partial charge in [0, 0.05) is 12.1 Å². The van der Waals surface area contributed by atoms with Gasteiger partial charge in [-0.25, -0.2) is 4.79 Å². The van der Waals surface area contributed by atoms with E-state index in [0.29, 0.717) is 5.75 Å². The van der Waals surface area contributed by atoms with Crippen LogP contribution in [0.2, 0.25) is 0 Å². The number of nitrogens with zero attached hydrogens (tertiary/aromatic N) is 1. The van der Waals surface area contributed by atoms with Gasteiger partial charge in [0.2, 0.25) is 0 Å². The molecule has 0 saturated carbocycles. The van der Waals surface area contributed by atoms with E-state index in [0.717, 1.165) is 0 Å². The summed E-state index contributed by atoms with van der Waals surface area (Å²) in [5, 5.41) is 13.3. The van der Waals surface area contributed by atoms with Crippen molar-refractivity contribution in [3.8, 4) is 5.75 Å². The number of benzene rings is 1. The van der Waals surface area contributed by atoms with Gasteiger partial charge in [0.15, 0.2) is 0 Å². The van der Waals surface area contributed by atoms with Crippen molar-refractivity contribution in [2.45, 2.75) is 39.3 Å². The first-order chi connectivity index (χ1) is 10.1. The zero-order chi connectivity index (χ0) is 16.9. The summed E-state index contributed by atoms with van der Waals surface area (Å²) < 4.78 is 10.6. The van der Waals surface area contributed by atoms with Crippen LogP contribution in [0, 0.1) is 10.1 Å². The lowest BCUT2D eigenvalue weighted by Crippen LogP contribution is -2.40. The van der Waals surface area contributed by atoms with E-state index in [2.05, 4.69) is 5.32 Å². The summed E-state index contributed by atoms with van der Waals surface area (Å²) in [6, 6.07) is 3.80. The highest BCUT2D eigenvalue weighted by Gasteiger charge is 2.18. The van der Waals surface area contributed by atoms with E-state index in [4.69, 9.17) is 15.2 Å². The Morgan fingerprint density at radius 2 is 2.09 bits per heavy atom. The first-order valence-corrected chi connectivity index (χ1v) is 6.74. The second-order valence-corrected chi connectivity index (χ2v) is 5.84. The maximum atomic E-state index is 11.6. The van der Waals surface area contributed by atoms with E-state index in [1.54, 1.807) is 27.7 Å². The number of hydrogen-bond acceptors (Lipinski definition) is 6. The smallest absolute Gasteiger partial charge is 0.407 e. The van der Waals surface area contributed by atoms with Crippen molar-refractivity contribution in [2.24, 2.45) is 0 Å². The molecule has 0 saturated heterocycles.